The molecule has 0 fully saturated rings. The molecule has 1 amide bonds. The maximum absolute atomic E-state index is 12.5. The lowest BCUT2D eigenvalue weighted by Crippen LogP contribution is -2.19. The molecule has 27 heavy (non-hydrogen) atoms. The highest BCUT2D eigenvalue weighted by atomic mass is 19.4. The van der Waals surface area contributed by atoms with Crippen LogP contribution in [0.5, 0.6) is 0 Å². The predicted molar refractivity (Wildman–Crippen MR) is 92.9 cm³/mol. The van der Waals surface area contributed by atoms with Crippen LogP contribution in [-0.2, 0) is 17.5 Å². The standard InChI is InChI=1S/C18H14F3N5O/c19-18(20,21)16-10-11-26(25-16)12-17(27)22-13-6-8-15(9-7-13)24-23-14-4-2-1-3-5-14/h1-11H,12H2,(H,22,27). The van der Waals surface area contributed by atoms with Crippen molar-refractivity contribution in [2.75, 3.05) is 5.32 Å². The largest absolute Gasteiger partial charge is 0.435 e. The van der Waals surface area contributed by atoms with Gasteiger partial charge in [-0.1, -0.05) is 18.2 Å². The van der Waals surface area contributed by atoms with Crippen LogP contribution < -0.4 is 5.32 Å². The molecule has 0 saturated carbocycles. The van der Waals surface area contributed by atoms with Crippen LogP contribution in [0.15, 0.2) is 77.1 Å². The molecule has 6 nitrogen and oxygen atoms in total. The smallest absolute Gasteiger partial charge is 0.324 e. The summed E-state index contributed by atoms with van der Waals surface area (Å²) in [6.45, 7) is -0.328. The van der Waals surface area contributed by atoms with E-state index in [-0.39, 0.29) is 6.54 Å². The van der Waals surface area contributed by atoms with Gasteiger partial charge < -0.3 is 5.32 Å². The summed E-state index contributed by atoms with van der Waals surface area (Å²) in [5.41, 5.74) is 0.761. The molecule has 3 rings (SSSR count). The van der Waals surface area contributed by atoms with Crippen molar-refractivity contribution < 1.29 is 18.0 Å². The number of anilines is 1. The third-order valence-electron chi connectivity index (χ3n) is 3.42. The highest BCUT2D eigenvalue weighted by Crippen LogP contribution is 2.27. The van der Waals surface area contributed by atoms with Crippen molar-refractivity contribution in [2.45, 2.75) is 12.7 Å². The topological polar surface area (TPSA) is 71.6 Å². The Kier molecular flexibility index (Phi) is 5.30. The van der Waals surface area contributed by atoms with Crippen molar-refractivity contribution in [3.63, 3.8) is 0 Å². The quantitative estimate of drug-likeness (QED) is 0.643. The summed E-state index contributed by atoms with van der Waals surface area (Å²) in [6, 6.07) is 16.6. The molecule has 0 unspecified atom stereocenters. The summed E-state index contributed by atoms with van der Waals surface area (Å²) < 4.78 is 38.4. The monoisotopic (exact) mass is 373 g/mol. The zero-order chi connectivity index (χ0) is 19.3. The molecule has 138 valence electrons. The van der Waals surface area contributed by atoms with E-state index < -0.39 is 17.8 Å². The molecule has 0 atom stereocenters. The molecule has 0 aliphatic carbocycles. The highest BCUT2D eigenvalue weighted by molar-refractivity contribution is 5.90. The van der Waals surface area contributed by atoms with Crippen molar-refractivity contribution in [2.24, 2.45) is 10.2 Å². The Bertz CT molecular complexity index is 934. The van der Waals surface area contributed by atoms with E-state index >= 15 is 0 Å². The molecule has 0 aliphatic rings. The molecule has 1 aromatic heterocycles. The number of alkyl halides is 3. The Morgan fingerprint density at radius 1 is 0.963 bits per heavy atom. The number of halogens is 3. The lowest BCUT2D eigenvalue weighted by molar-refractivity contribution is -0.141. The first-order chi connectivity index (χ1) is 12.9. The van der Waals surface area contributed by atoms with Gasteiger partial charge in [-0.25, -0.2) is 0 Å². The summed E-state index contributed by atoms with van der Waals surface area (Å²) >= 11 is 0. The molecular weight excluding hydrogens is 359 g/mol. The Morgan fingerprint density at radius 3 is 2.19 bits per heavy atom. The summed E-state index contributed by atoms with van der Waals surface area (Å²) in [6.07, 6.45) is -3.43. The number of hydrogen-bond donors (Lipinski definition) is 1. The number of carbonyl (C=O) groups excluding carboxylic acids is 1. The maximum atomic E-state index is 12.5. The van der Waals surface area contributed by atoms with Crippen LogP contribution in [0.2, 0.25) is 0 Å². The second-order valence-corrected chi connectivity index (χ2v) is 5.53. The van der Waals surface area contributed by atoms with Gasteiger partial charge in [-0.15, -0.1) is 0 Å². The van der Waals surface area contributed by atoms with Gasteiger partial charge in [0.05, 0.1) is 11.4 Å². The summed E-state index contributed by atoms with van der Waals surface area (Å²) in [7, 11) is 0. The maximum Gasteiger partial charge on any atom is 0.435 e. The van der Waals surface area contributed by atoms with Crippen LogP contribution in [0, 0.1) is 0 Å². The normalized spacial score (nSPS) is 11.7. The van der Waals surface area contributed by atoms with Gasteiger partial charge in [0, 0.05) is 11.9 Å². The second-order valence-electron chi connectivity index (χ2n) is 5.53. The minimum atomic E-state index is -4.54. The second kappa shape index (κ2) is 7.81. The average Bonchev–Trinajstić information content (AvgIpc) is 3.11. The van der Waals surface area contributed by atoms with Crippen LogP contribution in [0.25, 0.3) is 0 Å². The van der Waals surface area contributed by atoms with Gasteiger partial charge in [0.15, 0.2) is 5.69 Å². The molecule has 3 aromatic rings. The van der Waals surface area contributed by atoms with Gasteiger partial charge in [0.2, 0.25) is 5.91 Å². The van der Waals surface area contributed by atoms with Gasteiger partial charge in [-0.2, -0.15) is 28.5 Å². The van der Waals surface area contributed by atoms with Gasteiger partial charge >= 0.3 is 6.18 Å². The number of carbonyl (C=O) groups is 1. The third-order valence-corrected chi connectivity index (χ3v) is 3.42. The van der Waals surface area contributed by atoms with Crippen LogP contribution >= 0.6 is 0 Å². The van der Waals surface area contributed by atoms with E-state index in [1.807, 2.05) is 30.3 Å². The molecule has 0 spiro atoms. The van der Waals surface area contributed by atoms with Gasteiger partial charge in [-0.3, -0.25) is 9.48 Å². The van der Waals surface area contributed by atoms with Crippen molar-refractivity contribution in [3.05, 3.63) is 72.6 Å². The first kappa shape index (κ1) is 18.3. The number of aromatic nitrogens is 2. The Balaban J connectivity index is 1.57. The fourth-order valence-electron chi connectivity index (χ4n) is 2.17. The molecule has 1 heterocycles. The first-order valence-electron chi connectivity index (χ1n) is 7.87. The van der Waals surface area contributed by atoms with Gasteiger partial charge in [0.25, 0.3) is 0 Å². The fourth-order valence-corrected chi connectivity index (χ4v) is 2.17. The minimum Gasteiger partial charge on any atom is -0.324 e. The van der Waals surface area contributed by atoms with Crippen molar-refractivity contribution in [1.82, 2.24) is 9.78 Å². The molecule has 0 aliphatic heterocycles. The number of nitrogens with zero attached hydrogens (tertiary/aromatic N) is 4. The average molecular weight is 373 g/mol. The van der Waals surface area contributed by atoms with E-state index in [9.17, 15) is 18.0 Å². The van der Waals surface area contributed by atoms with Crippen LogP contribution in [0.4, 0.5) is 30.2 Å². The summed E-state index contributed by atoms with van der Waals surface area (Å²) in [4.78, 5) is 11.9. The Hall–Kier alpha value is -3.49. The number of azo groups is 1. The number of hydrogen-bond acceptors (Lipinski definition) is 4. The lowest BCUT2D eigenvalue weighted by Gasteiger charge is -2.06. The van der Waals surface area contributed by atoms with Gasteiger partial charge in [-0.05, 0) is 42.5 Å². The lowest BCUT2D eigenvalue weighted by atomic mass is 10.3. The molecule has 0 saturated heterocycles. The zero-order valence-electron chi connectivity index (χ0n) is 13.9. The number of amides is 1. The number of benzene rings is 2. The Morgan fingerprint density at radius 2 is 1.59 bits per heavy atom. The van der Waals surface area contributed by atoms with Crippen LogP contribution in [0.1, 0.15) is 5.69 Å². The van der Waals surface area contributed by atoms with E-state index in [1.54, 1.807) is 24.3 Å². The fraction of sp³-hybridized carbons (Fsp3) is 0.111. The van der Waals surface area contributed by atoms with E-state index in [0.29, 0.717) is 17.1 Å². The molecule has 9 heteroatoms. The van der Waals surface area contributed by atoms with Gasteiger partial charge in [0.1, 0.15) is 6.54 Å². The van der Waals surface area contributed by atoms with E-state index in [0.717, 1.165) is 16.9 Å². The van der Waals surface area contributed by atoms with Crippen molar-refractivity contribution in [1.29, 1.82) is 0 Å². The highest BCUT2D eigenvalue weighted by Gasteiger charge is 2.33. The Labute approximate surface area is 152 Å². The molecule has 0 radical (unpaired) electrons. The molecule has 2 aromatic carbocycles. The summed E-state index contributed by atoms with van der Waals surface area (Å²) in [5.74, 6) is -0.495. The first-order valence-corrected chi connectivity index (χ1v) is 7.87. The predicted octanol–water partition coefficient (Wildman–Crippen LogP) is 4.96. The van der Waals surface area contributed by atoms with Crippen molar-refractivity contribution >= 4 is 23.0 Å². The zero-order valence-corrected chi connectivity index (χ0v) is 13.9. The van der Waals surface area contributed by atoms with Crippen LogP contribution in [-0.4, -0.2) is 15.7 Å². The SMILES string of the molecule is O=C(Cn1ccc(C(F)(F)F)n1)Nc1ccc(N=Nc2ccccc2)cc1. The molecular formula is C18H14F3N5O. The van der Waals surface area contributed by atoms with Crippen molar-refractivity contribution in [3.8, 4) is 0 Å². The van der Waals surface area contributed by atoms with E-state index in [1.165, 1.54) is 0 Å². The van der Waals surface area contributed by atoms with E-state index in [2.05, 4.69) is 20.6 Å². The summed E-state index contributed by atoms with van der Waals surface area (Å²) in [5, 5.41) is 14.1. The number of nitrogens with one attached hydrogen (secondary N) is 1. The van der Waals surface area contributed by atoms with E-state index in [4.69, 9.17) is 0 Å². The van der Waals surface area contributed by atoms with Crippen LogP contribution in [0.3, 0.4) is 0 Å². The molecule has 1 N–H and O–H groups in total. The number of rotatable bonds is 5. The molecule has 0 bridgehead atoms. The minimum absolute atomic E-state index is 0.328. The third kappa shape index (κ3) is 5.24.